The Morgan fingerprint density at radius 1 is 1.29 bits per heavy atom. The molecule has 0 amide bonds. The normalized spacial score (nSPS) is 18.9. The molecular formula is C14H18BrNO. The maximum Gasteiger partial charge on any atom is 0.158 e. The number of nitrogens with zero attached hydrogens (tertiary/aromatic N) is 1. The first kappa shape index (κ1) is 12.6. The minimum atomic E-state index is 0.0917. The molecule has 92 valence electrons. The van der Waals surface area contributed by atoms with Gasteiger partial charge in [0.2, 0.25) is 0 Å². The van der Waals surface area contributed by atoms with Crippen molar-refractivity contribution in [2.24, 2.45) is 5.16 Å². The van der Waals surface area contributed by atoms with Crippen LogP contribution in [0.15, 0.2) is 29.4 Å². The van der Waals surface area contributed by atoms with Crippen LogP contribution < -0.4 is 0 Å². The first-order valence-corrected chi connectivity index (χ1v) is 7.06. The fraction of sp³-hybridized carbons (Fsp3) is 0.500. The zero-order valence-electron chi connectivity index (χ0n) is 10.2. The van der Waals surface area contributed by atoms with Crippen LogP contribution in [0.4, 0.5) is 0 Å². The lowest BCUT2D eigenvalue weighted by Gasteiger charge is -2.09. The Morgan fingerprint density at radius 3 is 2.65 bits per heavy atom. The molecule has 0 radical (unpaired) electrons. The van der Waals surface area contributed by atoms with E-state index < -0.39 is 0 Å². The highest BCUT2D eigenvalue weighted by molar-refractivity contribution is 9.18. The summed E-state index contributed by atoms with van der Waals surface area (Å²) < 4.78 is 0.898. The van der Waals surface area contributed by atoms with Gasteiger partial charge < -0.3 is 4.84 Å². The second-order valence-corrected chi connectivity index (χ2v) is 5.38. The highest BCUT2D eigenvalue weighted by Crippen LogP contribution is 2.29. The quantitative estimate of drug-likeness (QED) is 0.728. The van der Waals surface area contributed by atoms with Gasteiger partial charge in [-0.1, -0.05) is 49.2 Å². The van der Waals surface area contributed by atoms with Crippen molar-refractivity contribution >= 4 is 20.6 Å². The Bertz CT molecular complexity index is 386. The van der Waals surface area contributed by atoms with E-state index in [9.17, 15) is 0 Å². The van der Waals surface area contributed by atoms with Gasteiger partial charge in [0.05, 0.1) is 0 Å². The van der Waals surface area contributed by atoms with Crippen LogP contribution >= 0.6 is 15.9 Å². The van der Waals surface area contributed by atoms with Crippen molar-refractivity contribution in [2.75, 3.05) is 0 Å². The average Bonchev–Trinajstić information content (AvgIpc) is 2.77. The van der Waals surface area contributed by atoms with E-state index in [0.717, 1.165) is 11.0 Å². The summed E-state index contributed by atoms with van der Waals surface area (Å²) in [4.78, 5) is 5.33. The molecule has 0 saturated carbocycles. The fourth-order valence-corrected chi connectivity index (χ4v) is 2.38. The van der Waals surface area contributed by atoms with Crippen molar-refractivity contribution in [2.45, 2.75) is 45.1 Å². The first-order valence-electron chi connectivity index (χ1n) is 6.26. The molecule has 0 bridgehead atoms. The summed E-state index contributed by atoms with van der Waals surface area (Å²) in [5.74, 6) is 0. The van der Waals surface area contributed by atoms with Gasteiger partial charge in [-0.3, -0.25) is 0 Å². The largest absolute Gasteiger partial charge is 0.386 e. The van der Waals surface area contributed by atoms with E-state index in [1.54, 1.807) is 0 Å². The molecular weight excluding hydrogens is 278 g/mol. The predicted molar refractivity (Wildman–Crippen MR) is 74.5 cm³/mol. The molecule has 1 aromatic rings. The predicted octanol–water partition coefficient (Wildman–Crippen LogP) is 4.59. The van der Waals surface area contributed by atoms with Crippen LogP contribution in [0.5, 0.6) is 0 Å². The van der Waals surface area contributed by atoms with Gasteiger partial charge in [-0.15, -0.1) is 0 Å². The van der Waals surface area contributed by atoms with E-state index in [-0.39, 0.29) is 6.10 Å². The van der Waals surface area contributed by atoms with Gasteiger partial charge in [-0.05, 0) is 39.9 Å². The van der Waals surface area contributed by atoms with Gasteiger partial charge in [0, 0.05) is 6.42 Å². The lowest BCUT2D eigenvalue weighted by atomic mass is 10.0. The number of rotatable bonds is 5. The molecule has 0 aromatic heterocycles. The molecule has 3 heteroatoms. The third kappa shape index (κ3) is 3.56. The first-order chi connectivity index (χ1) is 8.29. The second kappa shape index (κ2) is 6.20. The highest BCUT2D eigenvalue weighted by atomic mass is 79.9. The van der Waals surface area contributed by atoms with Crippen molar-refractivity contribution in [1.82, 2.24) is 0 Å². The van der Waals surface area contributed by atoms with Crippen molar-refractivity contribution in [1.29, 1.82) is 0 Å². The number of unbranched alkanes of at least 4 members (excludes halogenated alkanes) is 2. The summed E-state index contributed by atoms with van der Waals surface area (Å²) in [7, 11) is 0. The molecule has 1 aliphatic rings. The standard InChI is InChI=1S/C14H18BrNO/c1-2-3-4-5-11-6-8-12(9-7-11)13-10-14(15)16-17-13/h6-9,13H,2-5,10H2,1H3/t13-/m0/s1. The zero-order chi connectivity index (χ0) is 12.1. The topological polar surface area (TPSA) is 21.6 Å². The van der Waals surface area contributed by atoms with Gasteiger partial charge in [-0.2, -0.15) is 0 Å². The lowest BCUT2D eigenvalue weighted by molar-refractivity contribution is 0.0858. The van der Waals surface area contributed by atoms with Crippen LogP contribution in [-0.4, -0.2) is 4.62 Å². The molecule has 1 heterocycles. The van der Waals surface area contributed by atoms with Gasteiger partial charge in [0.1, 0.15) is 4.62 Å². The van der Waals surface area contributed by atoms with E-state index in [2.05, 4.69) is 52.3 Å². The molecule has 0 spiro atoms. The Hall–Kier alpha value is -0.830. The molecule has 1 aromatic carbocycles. The van der Waals surface area contributed by atoms with Crippen LogP contribution in [-0.2, 0) is 11.3 Å². The Morgan fingerprint density at radius 2 is 2.06 bits per heavy atom. The van der Waals surface area contributed by atoms with Crippen molar-refractivity contribution in [3.8, 4) is 0 Å². The SMILES string of the molecule is CCCCCc1ccc([C@@H]2CC(Br)=NO2)cc1. The summed E-state index contributed by atoms with van der Waals surface area (Å²) in [5, 5.41) is 3.91. The smallest absolute Gasteiger partial charge is 0.158 e. The van der Waals surface area contributed by atoms with Crippen molar-refractivity contribution < 1.29 is 4.84 Å². The van der Waals surface area contributed by atoms with Crippen molar-refractivity contribution in [3.05, 3.63) is 35.4 Å². The number of oxime groups is 1. The third-order valence-corrected chi connectivity index (χ3v) is 3.52. The van der Waals surface area contributed by atoms with E-state index in [4.69, 9.17) is 4.84 Å². The van der Waals surface area contributed by atoms with E-state index in [1.807, 2.05) is 0 Å². The third-order valence-electron chi connectivity index (χ3n) is 3.05. The monoisotopic (exact) mass is 295 g/mol. The summed E-state index contributed by atoms with van der Waals surface area (Å²) in [6, 6.07) is 8.74. The molecule has 2 rings (SSSR count). The highest BCUT2D eigenvalue weighted by Gasteiger charge is 2.20. The number of aryl methyl sites for hydroxylation is 1. The van der Waals surface area contributed by atoms with Crippen LogP contribution in [0.1, 0.15) is 49.8 Å². The maximum absolute atomic E-state index is 5.33. The summed E-state index contributed by atoms with van der Waals surface area (Å²) >= 11 is 3.36. The fourth-order valence-electron chi connectivity index (χ4n) is 2.01. The molecule has 2 nitrogen and oxygen atoms in total. The van der Waals surface area contributed by atoms with Gasteiger partial charge in [0.15, 0.2) is 6.10 Å². The summed E-state index contributed by atoms with van der Waals surface area (Å²) in [6.07, 6.45) is 5.99. The van der Waals surface area contributed by atoms with Crippen LogP contribution in [0.2, 0.25) is 0 Å². The van der Waals surface area contributed by atoms with Gasteiger partial charge in [-0.25, -0.2) is 0 Å². The van der Waals surface area contributed by atoms with Crippen molar-refractivity contribution in [3.63, 3.8) is 0 Å². The molecule has 0 unspecified atom stereocenters. The Labute approximate surface area is 111 Å². The van der Waals surface area contributed by atoms with E-state index in [1.165, 1.54) is 36.8 Å². The summed E-state index contributed by atoms with van der Waals surface area (Å²) in [5.41, 5.74) is 2.63. The average molecular weight is 296 g/mol. The van der Waals surface area contributed by atoms with Crippen LogP contribution in [0, 0.1) is 0 Å². The van der Waals surface area contributed by atoms with Crippen LogP contribution in [0.25, 0.3) is 0 Å². The number of halogens is 1. The molecule has 0 aliphatic carbocycles. The van der Waals surface area contributed by atoms with Crippen LogP contribution in [0.3, 0.4) is 0 Å². The lowest BCUT2D eigenvalue weighted by Crippen LogP contribution is -1.97. The second-order valence-electron chi connectivity index (χ2n) is 4.46. The van der Waals surface area contributed by atoms with E-state index in [0.29, 0.717) is 0 Å². The molecule has 1 aliphatic heterocycles. The Balaban J connectivity index is 1.89. The molecule has 0 N–H and O–H groups in total. The minimum Gasteiger partial charge on any atom is -0.386 e. The Kier molecular flexibility index (Phi) is 4.60. The maximum atomic E-state index is 5.33. The molecule has 1 atom stereocenters. The minimum absolute atomic E-state index is 0.0917. The number of benzene rings is 1. The molecule has 0 saturated heterocycles. The number of hydrogen-bond acceptors (Lipinski definition) is 2. The van der Waals surface area contributed by atoms with E-state index >= 15 is 0 Å². The molecule has 17 heavy (non-hydrogen) atoms. The summed E-state index contributed by atoms with van der Waals surface area (Å²) in [6.45, 7) is 2.23. The van der Waals surface area contributed by atoms with Gasteiger partial charge >= 0.3 is 0 Å². The number of hydrogen-bond donors (Lipinski definition) is 0. The van der Waals surface area contributed by atoms with Gasteiger partial charge in [0.25, 0.3) is 0 Å². The molecule has 0 fully saturated rings. The zero-order valence-corrected chi connectivity index (χ0v) is 11.7.